The second kappa shape index (κ2) is 7.36. The van der Waals surface area contributed by atoms with E-state index in [4.69, 9.17) is 0 Å². The SMILES string of the molecule is Cc1cc(C)n(CCN(C(=O)c2ccnn2C)c2nc3c(F)cc(F)cc3s2)n1. The minimum absolute atomic E-state index is 0.0420. The molecule has 0 saturated heterocycles. The number of amides is 1. The molecule has 0 atom stereocenters. The smallest absolute Gasteiger partial charge is 0.278 e. The van der Waals surface area contributed by atoms with Gasteiger partial charge >= 0.3 is 0 Å². The van der Waals surface area contributed by atoms with E-state index in [9.17, 15) is 13.6 Å². The number of nitrogens with zero attached hydrogens (tertiary/aromatic N) is 6. The molecule has 150 valence electrons. The van der Waals surface area contributed by atoms with E-state index in [1.54, 1.807) is 17.8 Å². The predicted molar refractivity (Wildman–Crippen MR) is 106 cm³/mol. The maximum absolute atomic E-state index is 14.1. The van der Waals surface area contributed by atoms with E-state index in [1.165, 1.54) is 21.8 Å². The van der Waals surface area contributed by atoms with E-state index in [0.717, 1.165) is 28.8 Å². The number of benzene rings is 1. The average Bonchev–Trinajstić information content (AvgIpc) is 3.34. The minimum atomic E-state index is -0.756. The number of anilines is 1. The predicted octanol–water partition coefficient (Wildman–Crippen LogP) is 3.47. The van der Waals surface area contributed by atoms with Crippen LogP contribution in [0.1, 0.15) is 21.9 Å². The molecular weight excluding hydrogens is 398 g/mol. The Bertz CT molecular complexity index is 1210. The van der Waals surface area contributed by atoms with Crippen LogP contribution in [-0.4, -0.2) is 37.0 Å². The number of aryl methyl sites for hydroxylation is 3. The van der Waals surface area contributed by atoms with E-state index in [0.29, 0.717) is 16.9 Å². The fourth-order valence-electron chi connectivity index (χ4n) is 3.16. The molecule has 1 amide bonds. The maximum atomic E-state index is 14.1. The third-order valence-electron chi connectivity index (χ3n) is 4.56. The second-order valence-corrected chi connectivity index (χ2v) is 7.69. The summed E-state index contributed by atoms with van der Waals surface area (Å²) >= 11 is 1.06. The number of aromatic nitrogens is 5. The molecule has 0 unspecified atom stereocenters. The second-order valence-electron chi connectivity index (χ2n) is 6.68. The number of rotatable bonds is 5. The number of thiazole rings is 1. The lowest BCUT2D eigenvalue weighted by molar-refractivity contribution is 0.0976. The number of fused-ring (bicyclic) bond motifs is 1. The van der Waals surface area contributed by atoms with Crippen molar-refractivity contribution in [3.63, 3.8) is 0 Å². The first-order valence-corrected chi connectivity index (χ1v) is 9.71. The van der Waals surface area contributed by atoms with Gasteiger partial charge in [0.25, 0.3) is 5.91 Å². The lowest BCUT2D eigenvalue weighted by Gasteiger charge is -2.20. The monoisotopic (exact) mass is 416 g/mol. The lowest BCUT2D eigenvalue weighted by Crippen LogP contribution is -2.35. The summed E-state index contributed by atoms with van der Waals surface area (Å²) in [4.78, 5) is 18.9. The zero-order valence-electron chi connectivity index (χ0n) is 16.1. The third kappa shape index (κ3) is 3.63. The van der Waals surface area contributed by atoms with E-state index >= 15 is 0 Å². The average molecular weight is 416 g/mol. The van der Waals surface area contributed by atoms with Gasteiger partial charge in [0, 0.05) is 31.5 Å². The van der Waals surface area contributed by atoms with Gasteiger partial charge in [-0.3, -0.25) is 19.1 Å². The zero-order valence-corrected chi connectivity index (χ0v) is 16.9. The Morgan fingerprint density at radius 3 is 2.69 bits per heavy atom. The van der Waals surface area contributed by atoms with Gasteiger partial charge in [0.05, 0.1) is 16.9 Å². The van der Waals surface area contributed by atoms with Crippen LogP contribution in [0.25, 0.3) is 10.2 Å². The van der Waals surface area contributed by atoms with Crippen molar-refractivity contribution in [1.82, 2.24) is 24.5 Å². The molecule has 0 radical (unpaired) electrons. The summed E-state index contributed by atoms with van der Waals surface area (Å²) in [6.45, 7) is 4.52. The Kier molecular flexibility index (Phi) is 4.87. The molecule has 0 aliphatic rings. The van der Waals surface area contributed by atoms with Crippen molar-refractivity contribution in [2.45, 2.75) is 20.4 Å². The fourth-order valence-corrected chi connectivity index (χ4v) is 4.19. The number of carbonyl (C=O) groups excluding carboxylic acids is 1. The molecule has 3 aromatic heterocycles. The van der Waals surface area contributed by atoms with Gasteiger partial charge in [0.1, 0.15) is 17.0 Å². The van der Waals surface area contributed by atoms with Crippen molar-refractivity contribution in [2.75, 3.05) is 11.4 Å². The van der Waals surface area contributed by atoms with Crippen molar-refractivity contribution >= 4 is 32.6 Å². The van der Waals surface area contributed by atoms with Crippen LogP contribution in [-0.2, 0) is 13.6 Å². The molecule has 0 bridgehead atoms. The molecule has 0 aliphatic carbocycles. The van der Waals surface area contributed by atoms with Crippen LogP contribution in [0.5, 0.6) is 0 Å². The number of halogens is 2. The lowest BCUT2D eigenvalue weighted by atomic mass is 10.3. The third-order valence-corrected chi connectivity index (χ3v) is 5.58. The zero-order chi connectivity index (χ0) is 20.7. The summed E-state index contributed by atoms with van der Waals surface area (Å²) in [7, 11) is 1.67. The van der Waals surface area contributed by atoms with Crippen LogP contribution in [0.15, 0.2) is 30.5 Å². The number of hydrogen-bond donors (Lipinski definition) is 0. The van der Waals surface area contributed by atoms with Gasteiger partial charge in [-0.15, -0.1) is 0 Å². The Morgan fingerprint density at radius 2 is 2.03 bits per heavy atom. The first kappa shape index (κ1) is 19.2. The maximum Gasteiger partial charge on any atom is 0.278 e. The normalized spacial score (nSPS) is 11.3. The Labute approximate surface area is 169 Å². The largest absolute Gasteiger partial charge is 0.281 e. The summed E-state index contributed by atoms with van der Waals surface area (Å²) in [6.07, 6.45) is 1.53. The van der Waals surface area contributed by atoms with Crippen LogP contribution >= 0.6 is 11.3 Å². The summed E-state index contributed by atoms with van der Waals surface area (Å²) in [6, 6.07) is 5.55. The molecule has 7 nitrogen and oxygen atoms in total. The Morgan fingerprint density at radius 1 is 1.24 bits per heavy atom. The van der Waals surface area contributed by atoms with Gasteiger partial charge in [-0.1, -0.05) is 11.3 Å². The van der Waals surface area contributed by atoms with Crippen molar-refractivity contribution in [3.8, 4) is 0 Å². The van der Waals surface area contributed by atoms with Gasteiger partial charge in [0.15, 0.2) is 10.9 Å². The molecule has 0 saturated carbocycles. The first-order chi connectivity index (χ1) is 13.8. The van der Waals surface area contributed by atoms with Crippen LogP contribution in [0, 0.1) is 25.5 Å². The summed E-state index contributed by atoms with van der Waals surface area (Å²) in [5, 5.41) is 8.75. The molecule has 4 rings (SSSR count). The molecule has 0 fully saturated rings. The molecule has 0 aliphatic heterocycles. The van der Waals surface area contributed by atoms with Crippen molar-refractivity contribution in [2.24, 2.45) is 7.05 Å². The van der Waals surface area contributed by atoms with Gasteiger partial charge in [-0.25, -0.2) is 13.8 Å². The molecular formula is C19H18F2N6OS. The standard InChI is InChI=1S/C19H18F2N6OS/c1-11-8-12(2)27(24-11)7-6-26(18(28)15-4-5-22-25(15)3)19-23-17-14(21)9-13(20)10-16(17)29-19/h4-5,8-10H,6-7H2,1-3H3. The van der Waals surface area contributed by atoms with E-state index in [1.807, 2.05) is 19.9 Å². The van der Waals surface area contributed by atoms with Gasteiger partial charge in [-0.05, 0) is 32.0 Å². The number of carbonyl (C=O) groups is 1. The number of hydrogen-bond acceptors (Lipinski definition) is 5. The highest BCUT2D eigenvalue weighted by Crippen LogP contribution is 2.32. The Balaban J connectivity index is 1.73. The molecule has 29 heavy (non-hydrogen) atoms. The summed E-state index contributed by atoms with van der Waals surface area (Å²) < 4.78 is 31.3. The van der Waals surface area contributed by atoms with Crippen molar-refractivity contribution in [1.29, 1.82) is 0 Å². The molecule has 1 aromatic carbocycles. The van der Waals surface area contributed by atoms with Crippen LogP contribution in [0.2, 0.25) is 0 Å². The highest BCUT2D eigenvalue weighted by Gasteiger charge is 2.24. The molecule has 4 aromatic rings. The molecule has 10 heteroatoms. The minimum Gasteiger partial charge on any atom is -0.281 e. The van der Waals surface area contributed by atoms with Gasteiger partial charge < -0.3 is 0 Å². The van der Waals surface area contributed by atoms with Crippen LogP contribution in [0.3, 0.4) is 0 Å². The first-order valence-electron chi connectivity index (χ1n) is 8.90. The van der Waals surface area contributed by atoms with Crippen molar-refractivity contribution in [3.05, 3.63) is 59.2 Å². The molecule has 3 heterocycles. The quantitative estimate of drug-likeness (QED) is 0.500. The Hall–Kier alpha value is -3.14. The van der Waals surface area contributed by atoms with Gasteiger partial charge in [-0.2, -0.15) is 10.2 Å². The van der Waals surface area contributed by atoms with E-state index < -0.39 is 11.6 Å². The van der Waals surface area contributed by atoms with E-state index in [-0.39, 0.29) is 23.1 Å². The summed E-state index contributed by atoms with van der Waals surface area (Å²) in [5.41, 5.74) is 2.25. The highest BCUT2D eigenvalue weighted by molar-refractivity contribution is 7.22. The van der Waals surface area contributed by atoms with Crippen LogP contribution in [0.4, 0.5) is 13.9 Å². The van der Waals surface area contributed by atoms with E-state index in [2.05, 4.69) is 15.2 Å². The van der Waals surface area contributed by atoms with Crippen molar-refractivity contribution < 1.29 is 13.6 Å². The molecule has 0 spiro atoms. The topological polar surface area (TPSA) is 68.8 Å². The molecule has 0 N–H and O–H groups in total. The van der Waals surface area contributed by atoms with Gasteiger partial charge in [0.2, 0.25) is 0 Å². The highest BCUT2D eigenvalue weighted by atomic mass is 32.1. The summed E-state index contributed by atoms with van der Waals surface area (Å²) in [5.74, 6) is -1.77. The fraction of sp³-hybridized carbons (Fsp3) is 0.263. The van der Waals surface area contributed by atoms with Crippen LogP contribution < -0.4 is 4.90 Å².